The first-order valence-corrected chi connectivity index (χ1v) is 6.52. The average Bonchev–Trinajstić information content (AvgIpc) is 2.38. The Bertz CT molecular complexity index is 429. The van der Waals surface area contributed by atoms with Gasteiger partial charge in [-0.25, -0.2) is 4.79 Å². The predicted molar refractivity (Wildman–Crippen MR) is 75.3 cm³/mol. The summed E-state index contributed by atoms with van der Waals surface area (Å²) < 4.78 is 10.4. The number of carbonyl (C=O) groups is 1. The lowest BCUT2D eigenvalue weighted by Crippen LogP contribution is -2.27. The van der Waals surface area contributed by atoms with Crippen LogP contribution in [-0.4, -0.2) is 25.2 Å². The lowest BCUT2D eigenvalue weighted by atomic mass is 10.1. The van der Waals surface area contributed by atoms with Gasteiger partial charge in [0.2, 0.25) is 0 Å². The van der Waals surface area contributed by atoms with Gasteiger partial charge in [-0.2, -0.15) is 0 Å². The van der Waals surface area contributed by atoms with E-state index in [2.05, 4.69) is 23.9 Å². The third kappa shape index (κ3) is 4.56. The second-order valence-corrected chi connectivity index (χ2v) is 4.88. The molecule has 4 nitrogen and oxygen atoms in total. The Morgan fingerprint density at radius 3 is 2.58 bits per heavy atom. The first kappa shape index (κ1) is 15.5. The smallest absolute Gasteiger partial charge is 0.346 e. The van der Waals surface area contributed by atoms with Gasteiger partial charge >= 0.3 is 5.97 Å². The molecule has 0 fully saturated rings. The van der Waals surface area contributed by atoms with Gasteiger partial charge in [-0.15, -0.1) is 0 Å². The van der Waals surface area contributed by atoms with Gasteiger partial charge in [0.05, 0.1) is 7.11 Å². The monoisotopic (exact) mass is 265 g/mol. The van der Waals surface area contributed by atoms with Crippen LogP contribution in [0.1, 0.15) is 31.9 Å². The Kier molecular flexibility index (Phi) is 5.83. The molecular formula is C15H23NO3. The van der Waals surface area contributed by atoms with Gasteiger partial charge in [0.15, 0.2) is 6.10 Å². The van der Waals surface area contributed by atoms with Crippen LogP contribution in [0.25, 0.3) is 0 Å². The quantitative estimate of drug-likeness (QED) is 0.803. The summed E-state index contributed by atoms with van der Waals surface area (Å²) in [6, 6.07) is 6.36. The SMILES string of the molecule is COC(=O)C(C)Oc1c(C)cccc1CNC(C)C. The van der Waals surface area contributed by atoms with Gasteiger partial charge in [-0.1, -0.05) is 32.0 Å². The lowest BCUT2D eigenvalue weighted by molar-refractivity contribution is -0.147. The summed E-state index contributed by atoms with van der Waals surface area (Å²) >= 11 is 0. The van der Waals surface area contributed by atoms with Crippen LogP contribution in [0.15, 0.2) is 18.2 Å². The molecular weight excluding hydrogens is 242 g/mol. The van der Waals surface area contributed by atoms with Gasteiger partial charge < -0.3 is 14.8 Å². The van der Waals surface area contributed by atoms with Crippen LogP contribution in [-0.2, 0) is 16.1 Å². The van der Waals surface area contributed by atoms with Gasteiger partial charge in [-0.05, 0) is 19.4 Å². The van der Waals surface area contributed by atoms with Crippen LogP contribution in [0.3, 0.4) is 0 Å². The van der Waals surface area contributed by atoms with E-state index in [1.165, 1.54) is 7.11 Å². The van der Waals surface area contributed by atoms with Crippen molar-refractivity contribution in [1.82, 2.24) is 5.32 Å². The molecule has 0 aliphatic rings. The number of carbonyl (C=O) groups excluding carboxylic acids is 1. The van der Waals surface area contributed by atoms with Crippen molar-refractivity contribution in [2.45, 2.75) is 46.4 Å². The summed E-state index contributed by atoms with van der Waals surface area (Å²) in [5.74, 6) is 0.388. The third-order valence-corrected chi connectivity index (χ3v) is 2.82. The summed E-state index contributed by atoms with van der Waals surface area (Å²) in [5.41, 5.74) is 2.06. The molecule has 0 aliphatic carbocycles. The van der Waals surface area contributed by atoms with E-state index >= 15 is 0 Å². The minimum absolute atomic E-state index is 0.369. The van der Waals surface area contributed by atoms with Crippen molar-refractivity contribution in [2.75, 3.05) is 7.11 Å². The van der Waals surface area contributed by atoms with Crippen LogP contribution in [0.5, 0.6) is 5.75 Å². The highest BCUT2D eigenvalue weighted by Gasteiger charge is 2.17. The third-order valence-electron chi connectivity index (χ3n) is 2.82. The lowest BCUT2D eigenvalue weighted by Gasteiger charge is -2.18. The number of esters is 1. The maximum absolute atomic E-state index is 11.4. The van der Waals surface area contributed by atoms with Gasteiger partial charge in [-0.3, -0.25) is 0 Å². The number of hydrogen-bond acceptors (Lipinski definition) is 4. The number of para-hydroxylation sites is 1. The van der Waals surface area contributed by atoms with Crippen molar-refractivity contribution >= 4 is 5.97 Å². The first-order chi connectivity index (χ1) is 8.95. The molecule has 1 N–H and O–H groups in total. The fourth-order valence-electron chi connectivity index (χ4n) is 1.73. The highest BCUT2D eigenvalue weighted by atomic mass is 16.6. The van der Waals surface area contributed by atoms with Crippen molar-refractivity contribution in [2.24, 2.45) is 0 Å². The molecule has 4 heteroatoms. The predicted octanol–water partition coefficient (Wildman–Crippen LogP) is 2.43. The number of aryl methyl sites for hydroxylation is 1. The largest absolute Gasteiger partial charge is 0.478 e. The van der Waals surface area contributed by atoms with Crippen LogP contribution in [0, 0.1) is 6.92 Å². The van der Waals surface area contributed by atoms with E-state index in [1.807, 2.05) is 25.1 Å². The molecule has 0 spiro atoms. The molecule has 0 aromatic heterocycles. The molecule has 0 heterocycles. The molecule has 0 amide bonds. The average molecular weight is 265 g/mol. The van der Waals surface area contributed by atoms with Gasteiger partial charge in [0.25, 0.3) is 0 Å². The molecule has 0 bridgehead atoms. The highest BCUT2D eigenvalue weighted by Crippen LogP contribution is 2.24. The molecule has 106 valence electrons. The van der Waals surface area contributed by atoms with E-state index in [0.717, 1.165) is 16.9 Å². The van der Waals surface area contributed by atoms with Crippen LogP contribution in [0.4, 0.5) is 0 Å². The molecule has 0 aliphatic heterocycles. The zero-order valence-corrected chi connectivity index (χ0v) is 12.3. The number of rotatable bonds is 6. The molecule has 1 unspecified atom stereocenters. The first-order valence-electron chi connectivity index (χ1n) is 6.52. The topological polar surface area (TPSA) is 47.6 Å². The maximum Gasteiger partial charge on any atom is 0.346 e. The standard InChI is InChI=1S/C15H23NO3/c1-10(2)16-9-13-8-6-7-11(3)14(13)19-12(4)15(17)18-5/h6-8,10,12,16H,9H2,1-5H3. The molecule has 0 saturated heterocycles. The highest BCUT2D eigenvalue weighted by molar-refractivity contribution is 5.74. The maximum atomic E-state index is 11.4. The van der Waals surface area contributed by atoms with E-state index in [-0.39, 0.29) is 5.97 Å². The van der Waals surface area contributed by atoms with E-state index in [4.69, 9.17) is 4.74 Å². The van der Waals surface area contributed by atoms with Crippen molar-refractivity contribution in [1.29, 1.82) is 0 Å². The number of methoxy groups -OCH3 is 1. The Labute approximate surface area is 115 Å². The van der Waals surface area contributed by atoms with Gasteiger partial charge in [0, 0.05) is 18.2 Å². The summed E-state index contributed by atoms with van der Waals surface area (Å²) in [7, 11) is 1.36. The van der Waals surface area contributed by atoms with Crippen molar-refractivity contribution in [3.8, 4) is 5.75 Å². The normalized spacial score (nSPS) is 12.3. The molecule has 1 aromatic carbocycles. The number of ether oxygens (including phenoxy) is 2. The van der Waals surface area contributed by atoms with E-state index in [0.29, 0.717) is 12.6 Å². The van der Waals surface area contributed by atoms with E-state index in [9.17, 15) is 4.79 Å². The van der Waals surface area contributed by atoms with Crippen LogP contribution in [0.2, 0.25) is 0 Å². The molecule has 1 rings (SSSR count). The second kappa shape index (κ2) is 7.14. The zero-order chi connectivity index (χ0) is 14.4. The Morgan fingerprint density at radius 2 is 2.00 bits per heavy atom. The van der Waals surface area contributed by atoms with Crippen LogP contribution < -0.4 is 10.1 Å². The Balaban J connectivity index is 2.88. The number of benzene rings is 1. The number of hydrogen-bond donors (Lipinski definition) is 1. The summed E-state index contributed by atoms with van der Waals surface area (Å²) in [4.78, 5) is 11.4. The summed E-state index contributed by atoms with van der Waals surface area (Å²) in [5, 5.41) is 3.35. The minimum atomic E-state index is -0.608. The van der Waals surface area contributed by atoms with E-state index in [1.54, 1.807) is 6.92 Å². The van der Waals surface area contributed by atoms with Gasteiger partial charge in [0.1, 0.15) is 5.75 Å². The van der Waals surface area contributed by atoms with E-state index < -0.39 is 6.10 Å². The molecule has 19 heavy (non-hydrogen) atoms. The Hall–Kier alpha value is -1.55. The molecule has 0 radical (unpaired) electrons. The molecule has 1 atom stereocenters. The second-order valence-electron chi connectivity index (χ2n) is 4.88. The fourth-order valence-corrected chi connectivity index (χ4v) is 1.73. The zero-order valence-electron chi connectivity index (χ0n) is 12.3. The summed E-state index contributed by atoms with van der Waals surface area (Å²) in [6.45, 7) is 8.56. The molecule has 0 saturated carbocycles. The summed E-state index contributed by atoms with van der Waals surface area (Å²) in [6.07, 6.45) is -0.608. The number of nitrogens with one attached hydrogen (secondary N) is 1. The molecule has 1 aromatic rings. The minimum Gasteiger partial charge on any atom is -0.478 e. The van der Waals surface area contributed by atoms with Crippen molar-refractivity contribution in [3.05, 3.63) is 29.3 Å². The van der Waals surface area contributed by atoms with Crippen molar-refractivity contribution < 1.29 is 14.3 Å². The Morgan fingerprint density at radius 1 is 1.32 bits per heavy atom. The fraction of sp³-hybridized carbons (Fsp3) is 0.533. The van der Waals surface area contributed by atoms with Crippen LogP contribution >= 0.6 is 0 Å². The van der Waals surface area contributed by atoms with Crippen molar-refractivity contribution in [3.63, 3.8) is 0 Å².